The van der Waals surface area contributed by atoms with Gasteiger partial charge in [-0.3, -0.25) is 9.59 Å². The van der Waals surface area contributed by atoms with E-state index in [0.29, 0.717) is 12.8 Å². The second kappa shape index (κ2) is 20.9. The van der Waals surface area contributed by atoms with E-state index in [0.717, 1.165) is 32.1 Å². The van der Waals surface area contributed by atoms with Crippen molar-refractivity contribution in [2.45, 2.75) is 104 Å². The number of hydrogen-bond donors (Lipinski definition) is 1. The predicted octanol–water partition coefficient (Wildman–Crippen LogP) is 4.98. The lowest BCUT2D eigenvalue weighted by Crippen LogP contribution is -2.18. The van der Waals surface area contributed by atoms with Crippen molar-refractivity contribution in [1.82, 2.24) is 5.06 Å². The van der Waals surface area contributed by atoms with E-state index in [2.05, 4.69) is 13.8 Å². The predicted molar refractivity (Wildman–Crippen MR) is 105 cm³/mol. The van der Waals surface area contributed by atoms with Gasteiger partial charge in [0.15, 0.2) is 0 Å². The van der Waals surface area contributed by atoms with E-state index in [1.54, 1.807) is 14.1 Å². The van der Waals surface area contributed by atoms with Crippen LogP contribution in [0.2, 0.25) is 0 Å². The Hall–Kier alpha value is -1.10. The Labute approximate surface area is 155 Å². The summed E-state index contributed by atoms with van der Waals surface area (Å²) < 4.78 is 0. The van der Waals surface area contributed by atoms with Crippen molar-refractivity contribution in [3.05, 3.63) is 0 Å². The standard InChI is InChI=1S/C12H25NO.C8H17NO2/c1-2-3-4-5-6-7-8-9-10-11-12(13)14;1-4-5-6-7-8(10)11-9(2)3/h2-11H2,1H3,(H2,13,14);4-7H2,1-3H3. The van der Waals surface area contributed by atoms with Gasteiger partial charge in [-0.05, 0) is 12.8 Å². The summed E-state index contributed by atoms with van der Waals surface area (Å²) in [7, 11) is 3.41. The minimum atomic E-state index is -0.159. The lowest BCUT2D eigenvalue weighted by Gasteiger charge is -2.08. The lowest BCUT2D eigenvalue weighted by molar-refractivity contribution is -0.178. The van der Waals surface area contributed by atoms with Crippen LogP contribution in [0.5, 0.6) is 0 Å². The fourth-order valence-corrected chi connectivity index (χ4v) is 2.38. The molecule has 0 saturated carbocycles. The Bertz CT molecular complexity index is 307. The van der Waals surface area contributed by atoms with Gasteiger partial charge in [0.1, 0.15) is 0 Å². The molecule has 0 aliphatic carbocycles. The summed E-state index contributed by atoms with van der Waals surface area (Å²) in [5.41, 5.74) is 5.05. The van der Waals surface area contributed by atoms with E-state index in [-0.39, 0.29) is 11.9 Å². The zero-order chi connectivity index (χ0) is 19.3. The molecule has 25 heavy (non-hydrogen) atoms. The third-order valence-corrected chi connectivity index (χ3v) is 3.80. The molecule has 0 aliphatic heterocycles. The Kier molecular flexibility index (Phi) is 21.9. The fraction of sp³-hybridized carbons (Fsp3) is 0.900. The van der Waals surface area contributed by atoms with Gasteiger partial charge in [-0.15, -0.1) is 5.06 Å². The molecule has 0 spiro atoms. The zero-order valence-electron chi connectivity index (χ0n) is 17.1. The largest absolute Gasteiger partial charge is 0.370 e. The third-order valence-electron chi connectivity index (χ3n) is 3.80. The molecule has 0 heterocycles. The highest BCUT2D eigenvalue weighted by Gasteiger charge is 2.02. The highest BCUT2D eigenvalue weighted by molar-refractivity contribution is 5.73. The smallest absolute Gasteiger partial charge is 0.325 e. The number of primary amides is 1. The van der Waals surface area contributed by atoms with Crippen LogP contribution in [0.25, 0.3) is 0 Å². The molecule has 0 radical (unpaired) electrons. The van der Waals surface area contributed by atoms with E-state index < -0.39 is 0 Å². The first-order valence-electron chi connectivity index (χ1n) is 10.1. The van der Waals surface area contributed by atoms with Crippen LogP contribution >= 0.6 is 0 Å². The molecule has 0 aromatic rings. The molecule has 0 fully saturated rings. The van der Waals surface area contributed by atoms with Gasteiger partial charge in [0.25, 0.3) is 0 Å². The number of carbonyl (C=O) groups excluding carboxylic acids is 2. The van der Waals surface area contributed by atoms with E-state index >= 15 is 0 Å². The van der Waals surface area contributed by atoms with Crippen molar-refractivity contribution in [3.8, 4) is 0 Å². The monoisotopic (exact) mass is 358 g/mol. The van der Waals surface area contributed by atoms with E-state index in [1.165, 1.54) is 50.0 Å². The Morgan fingerprint density at radius 1 is 0.720 bits per heavy atom. The maximum absolute atomic E-state index is 10.9. The normalized spacial score (nSPS) is 10.3. The number of rotatable bonds is 15. The summed E-state index contributed by atoms with van der Waals surface area (Å²) in [5.74, 6) is -0.295. The summed E-state index contributed by atoms with van der Waals surface area (Å²) in [5, 5.41) is 1.42. The van der Waals surface area contributed by atoms with Crippen LogP contribution in [0, 0.1) is 0 Å². The molecule has 1 amide bonds. The SMILES string of the molecule is CCCCCC(=O)ON(C)C.CCCCCCCCCCCC(N)=O. The quantitative estimate of drug-likeness (QED) is 0.331. The number of hydroxylamine groups is 2. The molecule has 5 nitrogen and oxygen atoms in total. The van der Waals surface area contributed by atoms with Crippen molar-refractivity contribution in [2.24, 2.45) is 5.73 Å². The number of hydrogen-bond acceptors (Lipinski definition) is 4. The van der Waals surface area contributed by atoms with Crippen LogP contribution in [0.3, 0.4) is 0 Å². The zero-order valence-corrected chi connectivity index (χ0v) is 17.1. The highest BCUT2D eigenvalue weighted by Crippen LogP contribution is 2.10. The van der Waals surface area contributed by atoms with Gasteiger partial charge in [0.2, 0.25) is 5.91 Å². The molecule has 0 saturated heterocycles. The van der Waals surface area contributed by atoms with E-state index in [4.69, 9.17) is 10.6 Å². The topological polar surface area (TPSA) is 72.6 Å². The molecular formula is C20H42N2O3. The van der Waals surface area contributed by atoms with Crippen LogP contribution in [0.15, 0.2) is 0 Å². The third kappa shape index (κ3) is 28.0. The summed E-state index contributed by atoms with van der Waals surface area (Å²) in [4.78, 5) is 26.1. The minimum Gasteiger partial charge on any atom is -0.370 e. The first-order valence-corrected chi connectivity index (χ1v) is 10.1. The van der Waals surface area contributed by atoms with Crippen molar-refractivity contribution in [2.75, 3.05) is 14.1 Å². The van der Waals surface area contributed by atoms with Crippen molar-refractivity contribution in [1.29, 1.82) is 0 Å². The van der Waals surface area contributed by atoms with Gasteiger partial charge in [0, 0.05) is 26.9 Å². The number of amides is 1. The Morgan fingerprint density at radius 3 is 1.56 bits per heavy atom. The minimum absolute atomic E-state index is 0.136. The van der Waals surface area contributed by atoms with Gasteiger partial charge in [-0.25, -0.2) is 0 Å². The average Bonchev–Trinajstić information content (AvgIpc) is 2.53. The number of nitrogens with two attached hydrogens (primary N) is 1. The van der Waals surface area contributed by atoms with E-state index in [9.17, 15) is 9.59 Å². The number of carbonyl (C=O) groups is 2. The molecule has 0 rings (SSSR count). The van der Waals surface area contributed by atoms with Crippen LogP contribution in [-0.2, 0) is 14.4 Å². The van der Waals surface area contributed by atoms with Crippen molar-refractivity contribution >= 4 is 11.9 Å². The fourth-order valence-electron chi connectivity index (χ4n) is 2.38. The highest BCUT2D eigenvalue weighted by atomic mass is 16.7. The van der Waals surface area contributed by atoms with Crippen molar-refractivity contribution in [3.63, 3.8) is 0 Å². The van der Waals surface area contributed by atoms with E-state index in [1.807, 2.05) is 0 Å². The molecule has 150 valence electrons. The number of nitrogens with zero attached hydrogens (tertiary/aromatic N) is 1. The van der Waals surface area contributed by atoms with Gasteiger partial charge in [0.05, 0.1) is 0 Å². The molecular weight excluding hydrogens is 316 g/mol. The van der Waals surface area contributed by atoms with Crippen LogP contribution in [0.4, 0.5) is 0 Å². The second-order valence-corrected chi connectivity index (χ2v) is 6.78. The maximum atomic E-state index is 10.9. The molecule has 0 aromatic carbocycles. The Morgan fingerprint density at radius 2 is 1.12 bits per heavy atom. The molecule has 0 aromatic heterocycles. The van der Waals surface area contributed by atoms with Gasteiger partial charge in [-0.2, -0.15) is 0 Å². The molecule has 5 heteroatoms. The lowest BCUT2D eigenvalue weighted by atomic mass is 10.1. The van der Waals surface area contributed by atoms with Gasteiger partial charge < -0.3 is 10.6 Å². The number of unbranched alkanes of at least 4 members (excludes halogenated alkanes) is 10. The molecule has 0 atom stereocenters. The Balaban J connectivity index is 0. The van der Waals surface area contributed by atoms with Gasteiger partial charge >= 0.3 is 5.97 Å². The van der Waals surface area contributed by atoms with Crippen molar-refractivity contribution < 1.29 is 14.4 Å². The van der Waals surface area contributed by atoms with Crippen LogP contribution < -0.4 is 5.73 Å². The summed E-state index contributed by atoms with van der Waals surface area (Å²) >= 11 is 0. The molecule has 0 aliphatic rings. The summed E-state index contributed by atoms with van der Waals surface area (Å²) in [6.45, 7) is 4.35. The molecule has 0 bridgehead atoms. The van der Waals surface area contributed by atoms with Crippen LogP contribution in [0.1, 0.15) is 104 Å². The first-order chi connectivity index (χ1) is 11.9. The summed E-state index contributed by atoms with van der Waals surface area (Å²) in [6, 6.07) is 0. The molecule has 2 N–H and O–H groups in total. The van der Waals surface area contributed by atoms with Crippen LogP contribution in [-0.4, -0.2) is 31.0 Å². The second-order valence-electron chi connectivity index (χ2n) is 6.78. The maximum Gasteiger partial charge on any atom is 0.325 e. The summed E-state index contributed by atoms with van der Waals surface area (Å²) in [6.07, 6.45) is 15.8. The molecule has 0 unspecified atom stereocenters. The first kappa shape index (κ1) is 26.1. The average molecular weight is 359 g/mol. The van der Waals surface area contributed by atoms with Gasteiger partial charge in [-0.1, -0.05) is 78.1 Å².